The van der Waals surface area contributed by atoms with Gasteiger partial charge in [0.1, 0.15) is 5.38 Å². The molecule has 0 aromatic carbocycles. The summed E-state index contributed by atoms with van der Waals surface area (Å²) < 4.78 is 0. The van der Waals surface area contributed by atoms with Gasteiger partial charge in [-0.05, 0) is 25.2 Å². The summed E-state index contributed by atoms with van der Waals surface area (Å²) in [5.41, 5.74) is 0.292. The molecule has 0 radical (unpaired) electrons. The van der Waals surface area contributed by atoms with E-state index in [-0.39, 0.29) is 6.03 Å². The van der Waals surface area contributed by atoms with Gasteiger partial charge in [0.05, 0.1) is 0 Å². The van der Waals surface area contributed by atoms with Crippen molar-refractivity contribution in [1.82, 2.24) is 10.2 Å². The van der Waals surface area contributed by atoms with Gasteiger partial charge in [0.2, 0.25) is 5.91 Å². The fourth-order valence-corrected chi connectivity index (χ4v) is 1.65. The summed E-state index contributed by atoms with van der Waals surface area (Å²) in [5.74, 6) is -0.434. The van der Waals surface area contributed by atoms with E-state index < -0.39 is 11.3 Å². The fourth-order valence-electron chi connectivity index (χ4n) is 1.60. The predicted octanol–water partition coefficient (Wildman–Crippen LogP) is 1.97. The highest BCUT2D eigenvalue weighted by atomic mass is 35.5. The van der Waals surface area contributed by atoms with Crippen molar-refractivity contribution < 1.29 is 9.59 Å². The summed E-state index contributed by atoms with van der Waals surface area (Å²) in [4.78, 5) is 24.6. The Hall–Kier alpha value is -0.770. The maximum absolute atomic E-state index is 11.7. The minimum absolute atomic E-state index is 0.292. The Morgan fingerprint density at radius 1 is 1.31 bits per heavy atom. The van der Waals surface area contributed by atoms with Gasteiger partial charge in [-0.3, -0.25) is 10.1 Å². The fraction of sp³-hybridized carbons (Fsp3) is 0.818. The van der Waals surface area contributed by atoms with Gasteiger partial charge in [0.15, 0.2) is 0 Å². The van der Waals surface area contributed by atoms with Crippen molar-refractivity contribution >= 4 is 23.5 Å². The van der Waals surface area contributed by atoms with Crippen molar-refractivity contribution in [3.8, 4) is 0 Å². The Kier molecular flexibility index (Phi) is 4.19. The summed E-state index contributed by atoms with van der Waals surface area (Å²) in [5, 5.41) is 1.62. The summed E-state index contributed by atoms with van der Waals surface area (Å²) >= 11 is 5.57. The third-order valence-corrected chi connectivity index (χ3v) is 3.19. The van der Waals surface area contributed by atoms with Crippen LogP contribution >= 0.6 is 11.6 Å². The quantitative estimate of drug-likeness (QED) is 0.720. The maximum atomic E-state index is 11.7. The second-order valence-electron chi connectivity index (χ2n) is 5.06. The molecule has 0 bridgehead atoms. The Morgan fingerprint density at radius 3 is 2.25 bits per heavy atom. The molecule has 0 aromatic rings. The number of piperidine rings is 1. The van der Waals surface area contributed by atoms with Gasteiger partial charge in [-0.15, -0.1) is 11.6 Å². The van der Waals surface area contributed by atoms with Crippen LogP contribution in [0.2, 0.25) is 0 Å². The van der Waals surface area contributed by atoms with E-state index in [9.17, 15) is 9.59 Å². The molecule has 1 aliphatic heterocycles. The first kappa shape index (κ1) is 13.3. The number of hydrogen-bond donors (Lipinski definition) is 1. The minimum Gasteiger partial charge on any atom is -0.324 e. The second-order valence-corrected chi connectivity index (χ2v) is 5.72. The minimum atomic E-state index is -0.676. The van der Waals surface area contributed by atoms with Crippen LogP contribution in [0.4, 0.5) is 4.79 Å². The number of carbonyl (C=O) groups is 2. The van der Waals surface area contributed by atoms with Crippen molar-refractivity contribution in [2.75, 3.05) is 13.1 Å². The van der Waals surface area contributed by atoms with Gasteiger partial charge in [0, 0.05) is 13.1 Å². The molecule has 1 atom stereocenters. The van der Waals surface area contributed by atoms with Crippen LogP contribution in [0, 0.1) is 5.41 Å². The number of urea groups is 1. The van der Waals surface area contributed by atoms with Crippen LogP contribution in [0.5, 0.6) is 0 Å². The molecular formula is C11H19ClN2O2. The van der Waals surface area contributed by atoms with Crippen LogP contribution < -0.4 is 5.32 Å². The van der Waals surface area contributed by atoms with E-state index in [1.165, 1.54) is 0 Å². The second kappa shape index (κ2) is 5.04. The number of nitrogens with one attached hydrogen (secondary N) is 1. The smallest absolute Gasteiger partial charge is 0.324 e. The Balaban J connectivity index is 2.42. The first-order valence-electron chi connectivity index (χ1n) is 5.56. The lowest BCUT2D eigenvalue weighted by atomic mass is 9.83. The maximum Gasteiger partial charge on any atom is 0.324 e. The molecule has 5 heteroatoms. The first-order chi connectivity index (χ1) is 7.32. The van der Waals surface area contributed by atoms with Crippen molar-refractivity contribution in [3.05, 3.63) is 0 Å². The molecule has 4 nitrogen and oxygen atoms in total. The molecule has 92 valence electrons. The van der Waals surface area contributed by atoms with Crippen LogP contribution in [0.15, 0.2) is 0 Å². The molecule has 1 heterocycles. The number of hydrogen-bond acceptors (Lipinski definition) is 2. The van der Waals surface area contributed by atoms with E-state index in [1.807, 2.05) is 0 Å². The zero-order chi connectivity index (χ0) is 12.3. The Bertz CT molecular complexity index is 280. The highest BCUT2D eigenvalue weighted by Gasteiger charge is 2.28. The lowest BCUT2D eigenvalue weighted by Gasteiger charge is -2.36. The molecule has 1 N–H and O–H groups in total. The average molecular weight is 247 g/mol. The van der Waals surface area contributed by atoms with Crippen LogP contribution in [0.1, 0.15) is 33.6 Å². The lowest BCUT2D eigenvalue weighted by Crippen LogP contribution is -2.49. The number of likely N-dealkylation sites (tertiary alicyclic amines) is 1. The number of imide groups is 1. The summed E-state index contributed by atoms with van der Waals surface area (Å²) in [7, 11) is 0. The van der Waals surface area contributed by atoms with Crippen LogP contribution in [-0.2, 0) is 4.79 Å². The normalized spacial score (nSPS) is 21.4. The van der Waals surface area contributed by atoms with Crippen LogP contribution in [0.25, 0.3) is 0 Å². The molecule has 1 saturated heterocycles. The van der Waals surface area contributed by atoms with E-state index in [0.717, 1.165) is 12.8 Å². The number of halogens is 1. The van der Waals surface area contributed by atoms with Gasteiger partial charge in [-0.2, -0.15) is 0 Å². The number of rotatable bonds is 1. The zero-order valence-corrected chi connectivity index (χ0v) is 10.8. The molecule has 3 amide bonds. The SMILES string of the molecule is CC(Cl)C(=O)NC(=O)N1CCC(C)(C)CC1. The summed E-state index contributed by atoms with van der Waals surface area (Å²) in [6.07, 6.45) is 1.93. The molecule has 1 fully saturated rings. The van der Waals surface area contributed by atoms with E-state index in [2.05, 4.69) is 19.2 Å². The number of carbonyl (C=O) groups excluding carboxylic acids is 2. The molecule has 16 heavy (non-hydrogen) atoms. The molecule has 1 rings (SSSR count). The molecule has 0 aromatic heterocycles. The lowest BCUT2D eigenvalue weighted by molar-refractivity contribution is -0.119. The predicted molar refractivity (Wildman–Crippen MR) is 63.4 cm³/mol. The van der Waals surface area contributed by atoms with Gasteiger partial charge < -0.3 is 4.90 Å². The van der Waals surface area contributed by atoms with Gasteiger partial charge >= 0.3 is 6.03 Å². The Labute approximate surface area is 101 Å². The van der Waals surface area contributed by atoms with E-state index in [4.69, 9.17) is 11.6 Å². The van der Waals surface area contributed by atoms with E-state index >= 15 is 0 Å². The van der Waals surface area contributed by atoms with E-state index in [0.29, 0.717) is 18.5 Å². The van der Waals surface area contributed by atoms with Crippen molar-refractivity contribution in [2.24, 2.45) is 5.41 Å². The van der Waals surface area contributed by atoms with Crippen LogP contribution in [0.3, 0.4) is 0 Å². The summed E-state index contributed by atoms with van der Waals surface area (Å²) in [6, 6.07) is -0.326. The summed E-state index contributed by atoms with van der Waals surface area (Å²) in [6.45, 7) is 7.32. The van der Waals surface area contributed by atoms with Gasteiger partial charge in [0.25, 0.3) is 0 Å². The van der Waals surface area contributed by atoms with Gasteiger partial charge in [-0.25, -0.2) is 4.79 Å². The number of alkyl halides is 1. The third-order valence-electron chi connectivity index (χ3n) is 3.00. The third kappa shape index (κ3) is 3.67. The first-order valence-corrected chi connectivity index (χ1v) is 5.99. The standard InChI is InChI=1S/C11H19ClN2O2/c1-8(12)9(15)13-10(16)14-6-4-11(2,3)5-7-14/h8H,4-7H2,1-3H3,(H,13,15,16). The topological polar surface area (TPSA) is 49.4 Å². The largest absolute Gasteiger partial charge is 0.324 e. The molecular weight excluding hydrogens is 228 g/mol. The van der Waals surface area contributed by atoms with Crippen LogP contribution in [-0.4, -0.2) is 35.3 Å². The number of nitrogens with zero attached hydrogens (tertiary/aromatic N) is 1. The van der Waals surface area contributed by atoms with Gasteiger partial charge in [-0.1, -0.05) is 13.8 Å². The van der Waals surface area contributed by atoms with Crippen molar-refractivity contribution in [2.45, 2.75) is 39.0 Å². The van der Waals surface area contributed by atoms with Crippen molar-refractivity contribution in [3.63, 3.8) is 0 Å². The monoisotopic (exact) mass is 246 g/mol. The number of amides is 3. The highest BCUT2D eigenvalue weighted by Crippen LogP contribution is 2.29. The molecule has 0 saturated carbocycles. The molecule has 0 spiro atoms. The Morgan fingerprint density at radius 2 is 1.81 bits per heavy atom. The highest BCUT2D eigenvalue weighted by molar-refractivity contribution is 6.31. The van der Waals surface area contributed by atoms with E-state index in [1.54, 1.807) is 11.8 Å². The molecule has 1 aliphatic rings. The average Bonchev–Trinajstić information content (AvgIpc) is 2.17. The molecule has 0 aliphatic carbocycles. The zero-order valence-electron chi connectivity index (χ0n) is 10.0. The van der Waals surface area contributed by atoms with Crippen molar-refractivity contribution in [1.29, 1.82) is 0 Å². The molecule has 1 unspecified atom stereocenters.